The lowest BCUT2D eigenvalue weighted by Gasteiger charge is -2.08. The molecule has 1 aromatic heterocycles. The van der Waals surface area contributed by atoms with Gasteiger partial charge in [0.25, 0.3) is 5.56 Å². The standard InChI is InChI=1S/C16H19NO3/c1-3-5-10-7-12-13(8-11(10)6-4-2)17-16(20)15(19)9-14(12)18/h7-9,19H,3-6H2,1-2H3,(H,17,20). The van der Waals surface area contributed by atoms with E-state index < -0.39 is 11.3 Å². The Hall–Kier alpha value is -2.10. The van der Waals surface area contributed by atoms with Gasteiger partial charge < -0.3 is 10.1 Å². The van der Waals surface area contributed by atoms with Gasteiger partial charge in [-0.05, 0) is 36.1 Å². The van der Waals surface area contributed by atoms with Crippen molar-refractivity contribution in [3.8, 4) is 5.75 Å². The summed E-state index contributed by atoms with van der Waals surface area (Å²) in [6.45, 7) is 4.19. The summed E-state index contributed by atoms with van der Waals surface area (Å²) in [6, 6.07) is 4.70. The molecule has 0 aliphatic heterocycles. The number of aromatic nitrogens is 1. The Morgan fingerprint density at radius 2 is 1.60 bits per heavy atom. The molecule has 20 heavy (non-hydrogen) atoms. The number of aromatic amines is 1. The third kappa shape index (κ3) is 2.74. The summed E-state index contributed by atoms with van der Waals surface area (Å²) in [4.78, 5) is 26.3. The highest BCUT2D eigenvalue weighted by Gasteiger charge is 2.08. The summed E-state index contributed by atoms with van der Waals surface area (Å²) in [5, 5.41) is 9.92. The number of hydrogen-bond donors (Lipinski definition) is 2. The summed E-state index contributed by atoms with van der Waals surface area (Å²) in [5.41, 5.74) is 1.82. The number of aromatic hydroxyl groups is 1. The maximum Gasteiger partial charge on any atom is 0.290 e. The van der Waals surface area contributed by atoms with Crippen molar-refractivity contribution >= 4 is 10.9 Å². The summed E-state index contributed by atoms with van der Waals surface area (Å²) in [5.74, 6) is -0.541. The molecule has 4 nitrogen and oxygen atoms in total. The number of H-pyrrole nitrogens is 1. The van der Waals surface area contributed by atoms with Crippen LogP contribution in [0.25, 0.3) is 10.9 Å². The Labute approximate surface area is 117 Å². The third-order valence-electron chi connectivity index (χ3n) is 3.39. The topological polar surface area (TPSA) is 70.2 Å². The van der Waals surface area contributed by atoms with Gasteiger partial charge in [-0.2, -0.15) is 0 Å². The number of benzene rings is 1. The van der Waals surface area contributed by atoms with E-state index in [9.17, 15) is 14.7 Å². The van der Waals surface area contributed by atoms with Gasteiger partial charge in [0.1, 0.15) is 0 Å². The molecule has 4 heteroatoms. The first-order chi connectivity index (χ1) is 9.56. The van der Waals surface area contributed by atoms with Gasteiger partial charge in [0, 0.05) is 11.5 Å². The number of aryl methyl sites for hydroxylation is 2. The highest BCUT2D eigenvalue weighted by atomic mass is 16.3. The van der Waals surface area contributed by atoms with Crippen molar-refractivity contribution in [1.82, 2.24) is 4.98 Å². The molecular weight excluding hydrogens is 254 g/mol. The Morgan fingerprint density at radius 1 is 1.00 bits per heavy atom. The predicted octanol–water partition coefficient (Wildman–Crippen LogP) is 2.50. The molecule has 106 valence electrons. The van der Waals surface area contributed by atoms with E-state index in [0.29, 0.717) is 10.9 Å². The smallest absolute Gasteiger partial charge is 0.290 e. The molecule has 0 atom stereocenters. The fourth-order valence-corrected chi connectivity index (χ4v) is 2.45. The van der Waals surface area contributed by atoms with Crippen molar-refractivity contribution in [2.24, 2.45) is 0 Å². The van der Waals surface area contributed by atoms with E-state index in [2.05, 4.69) is 18.8 Å². The van der Waals surface area contributed by atoms with Crippen LogP contribution >= 0.6 is 0 Å². The van der Waals surface area contributed by atoms with Gasteiger partial charge >= 0.3 is 0 Å². The molecule has 2 aromatic rings. The first kappa shape index (κ1) is 14.3. The Bertz CT molecular complexity index is 747. The summed E-state index contributed by atoms with van der Waals surface area (Å²) in [6.07, 6.45) is 3.81. The molecule has 1 heterocycles. The van der Waals surface area contributed by atoms with Crippen LogP contribution in [0.5, 0.6) is 5.75 Å². The fraction of sp³-hybridized carbons (Fsp3) is 0.375. The van der Waals surface area contributed by atoms with Gasteiger partial charge in [-0.1, -0.05) is 26.7 Å². The minimum absolute atomic E-state index is 0.337. The minimum Gasteiger partial charge on any atom is -0.503 e. The SMILES string of the molecule is CCCc1cc2[nH]c(=O)c(O)cc(=O)c2cc1CCC. The molecule has 0 saturated heterocycles. The molecule has 0 spiro atoms. The first-order valence-corrected chi connectivity index (χ1v) is 6.99. The van der Waals surface area contributed by atoms with Crippen molar-refractivity contribution in [2.75, 3.05) is 0 Å². The maximum atomic E-state index is 12.1. The molecule has 0 radical (unpaired) electrons. The van der Waals surface area contributed by atoms with Crippen LogP contribution in [0, 0.1) is 0 Å². The molecule has 0 aliphatic rings. The third-order valence-corrected chi connectivity index (χ3v) is 3.39. The van der Waals surface area contributed by atoms with Crippen LogP contribution in [0.1, 0.15) is 37.8 Å². The van der Waals surface area contributed by atoms with E-state index >= 15 is 0 Å². The van der Waals surface area contributed by atoms with Crippen molar-refractivity contribution in [3.63, 3.8) is 0 Å². The van der Waals surface area contributed by atoms with Crippen LogP contribution in [0.15, 0.2) is 27.8 Å². The lowest BCUT2D eigenvalue weighted by atomic mass is 9.97. The van der Waals surface area contributed by atoms with E-state index in [0.717, 1.165) is 42.9 Å². The van der Waals surface area contributed by atoms with E-state index in [4.69, 9.17) is 0 Å². The molecule has 0 amide bonds. The van der Waals surface area contributed by atoms with Crippen molar-refractivity contribution in [1.29, 1.82) is 0 Å². The van der Waals surface area contributed by atoms with Crippen molar-refractivity contribution in [3.05, 3.63) is 49.9 Å². The zero-order valence-electron chi connectivity index (χ0n) is 11.8. The van der Waals surface area contributed by atoms with Crippen LogP contribution in [0.2, 0.25) is 0 Å². The van der Waals surface area contributed by atoms with E-state index in [-0.39, 0.29) is 5.43 Å². The Kier molecular flexibility index (Phi) is 4.23. The average Bonchev–Trinajstić information content (AvgIpc) is 2.50. The number of nitrogens with one attached hydrogen (secondary N) is 1. The highest BCUT2D eigenvalue weighted by Crippen LogP contribution is 2.19. The van der Waals surface area contributed by atoms with Gasteiger partial charge in [-0.3, -0.25) is 9.59 Å². The predicted molar refractivity (Wildman–Crippen MR) is 80.5 cm³/mol. The molecular formula is C16H19NO3. The maximum absolute atomic E-state index is 12.1. The summed E-state index contributed by atoms with van der Waals surface area (Å²) < 4.78 is 0. The molecule has 0 unspecified atom stereocenters. The lowest BCUT2D eigenvalue weighted by Crippen LogP contribution is -2.02. The average molecular weight is 273 g/mol. The molecule has 2 rings (SSSR count). The second-order valence-electron chi connectivity index (χ2n) is 5.01. The Balaban J connectivity index is 2.84. The van der Waals surface area contributed by atoms with E-state index in [1.807, 2.05) is 12.1 Å². The minimum atomic E-state index is -0.636. The van der Waals surface area contributed by atoms with Gasteiger partial charge in [-0.25, -0.2) is 0 Å². The monoisotopic (exact) mass is 273 g/mol. The second-order valence-corrected chi connectivity index (χ2v) is 5.01. The zero-order valence-corrected chi connectivity index (χ0v) is 11.8. The second kappa shape index (κ2) is 5.90. The van der Waals surface area contributed by atoms with Crippen molar-refractivity contribution < 1.29 is 5.11 Å². The van der Waals surface area contributed by atoms with Crippen LogP contribution in [-0.4, -0.2) is 10.1 Å². The highest BCUT2D eigenvalue weighted by molar-refractivity contribution is 5.80. The zero-order chi connectivity index (χ0) is 14.7. The fourth-order valence-electron chi connectivity index (χ4n) is 2.45. The van der Waals surface area contributed by atoms with Crippen molar-refractivity contribution in [2.45, 2.75) is 39.5 Å². The van der Waals surface area contributed by atoms with Crippen LogP contribution < -0.4 is 11.0 Å². The van der Waals surface area contributed by atoms with Crippen LogP contribution in [0.3, 0.4) is 0 Å². The normalized spacial score (nSPS) is 10.9. The van der Waals surface area contributed by atoms with E-state index in [1.165, 1.54) is 0 Å². The number of hydrogen-bond acceptors (Lipinski definition) is 3. The van der Waals surface area contributed by atoms with E-state index in [1.54, 1.807) is 0 Å². The molecule has 0 fully saturated rings. The first-order valence-electron chi connectivity index (χ1n) is 6.99. The molecule has 0 bridgehead atoms. The van der Waals surface area contributed by atoms with Crippen LogP contribution in [0.4, 0.5) is 0 Å². The quantitative estimate of drug-likeness (QED) is 0.899. The molecule has 0 aliphatic carbocycles. The largest absolute Gasteiger partial charge is 0.503 e. The molecule has 1 aromatic carbocycles. The Morgan fingerprint density at radius 3 is 2.20 bits per heavy atom. The number of fused-ring (bicyclic) bond motifs is 1. The summed E-state index contributed by atoms with van der Waals surface area (Å²) >= 11 is 0. The number of rotatable bonds is 4. The lowest BCUT2D eigenvalue weighted by molar-refractivity contribution is 0.468. The molecule has 0 saturated carbocycles. The van der Waals surface area contributed by atoms with Gasteiger partial charge in [-0.15, -0.1) is 0 Å². The van der Waals surface area contributed by atoms with Gasteiger partial charge in [0.05, 0.1) is 5.52 Å². The van der Waals surface area contributed by atoms with Gasteiger partial charge in [0.2, 0.25) is 0 Å². The van der Waals surface area contributed by atoms with Gasteiger partial charge in [0.15, 0.2) is 11.2 Å². The van der Waals surface area contributed by atoms with Crippen LogP contribution in [-0.2, 0) is 12.8 Å². The summed E-state index contributed by atoms with van der Waals surface area (Å²) in [7, 11) is 0. The molecule has 2 N–H and O–H groups in total.